The summed E-state index contributed by atoms with van der Waals surface area (Å²) in [6.07, 6.45) is 1.89. The molecule has 16 heavy (non-hydrogen) atoms. The van der Waals surface area contributed by atoms with Gasteiger partial charge in [-0.15, -0.1) is 11.3 Å². The van der Waals surface area contributed by atoms with E-state index in [1.54, 1.807) is 11.3 Å². The van der Waals surface area contributed by atoms with E-state index in [0.717, 1.165) is 10.7 Å². The number of anilines is 1. The van der Waals surface area contributed by atoms with Crippen molar-refractivity contribution in [2.24, 2.45) is 0 Å². The third-order valence-electron chi connectivity index (χ3n) is 2.45. The van der Waals surface area contributed by atoms with Crippen molar-refractivity contribution in [1.82, 2.24) is 4.98 Å². The van der Waals surface area contributed by atoms with Gasteiger partial charge in [0.1, 0.15) is 0 Å². The maximum Gasteiger partial charge on any atom is 0.0795 e. The summed E-state index contributed by atoms with van der Waals surface area (Å²) in [5, 5.41) is 4.19. The van der Waals surface area contributed by atoms with Crippen molar-refractivity contribution in [2.45, 2.75) is 19.9 Å². The van der Waals surface area contributed by atoms with Gasteiger partial charge < -0.3 is 5.32 Å². The molecule has 1 unspecified atom stereocenters. The number of rotatable bonds is 3. The van der Waals surface area contributed by atoms with Gasteiger partial charge >= 0.3 is 0 Å². The Morgan fingerprint density at radius 3 is 2.94 bits per heavy atom. The van der Waals surface area contributed by atoms with Crippen molar-refractivity contribution >= 4 is 28.6 Å². The van der Waals surface area contributed by atoms with Crippen molar-refractivity contribution in [3.8, 4) is 0 Å². The molecule has 4 heteroatoms. The fourth-order valence-corrected chi connectivity index (χ4v) is 2.29. The largest absolute Gasteiger partial charge is 0.377 e. The molecular formula is C12H13ClN2S. The number of hydrogen-bond acceptors (Lipinski definition) is 3. The molecule has 0 amide bonds. The molecule has 2 aromatic rings. The van der Waals surface area contributed by atoms with Crippen molar-refractivity contribution in [3.05, 3.63) is 45.4 Å². The smallest absolute Gasteiger partial charge is 0.0795 e. The standard InChI is InChI=1S/C12H13ClN2S/c1-8-3-4-10(13)5-11(8)15-9(2)12-6-14-7-16-12/h3-7,9,15H,1-2H3. The summed E-state index contributed by atoms with van der Waals surface area (Å²) in [5.41, 5.74) is 4.12. The molecule has 0 radical (unpaired) electrons. The normalized spacial score (nSPS) is 12.4. The summed E-state index contributed by atoms with van der Waals surface area (Å²) >= 11 is 7.63. The molecule has 0 aliphatic rings. The van der Waals surface area contributed by atoms with E-state index < -0.39 is 0 Å². The molecule has 0 saturated heterocycles. The molecule has 2 rings (SSSR count). The van der Waals surface area contributed by atoms with Gasteiger partial charge in [0.2, 0.25) is 0 Å². The van der Waals surface area contributed by atoms with E-state index in [2.05, 4.69) is 24.1 Å². The summed E-state index contributed by atoms with van der Waals surface area (Å²) < 4.78 is 0. The Balaban J connectivity index is 2.17. The molecule has 0 aliphatic carbocycles. The quantitative estimate of drug-likeness (QED) is 0.882. The van der Waals surface area contributed by atoms with Crippen LogP contribution in [0, 0.1) is 6.92 Å². The molecule has 1 atom stereocenters. The average Bonchev–Trinajstić information content (AvgIpc) is 2.76. The Morgan fingerprint density at radius 2 is 2.25 bits per heavy atom. The highest BCUT2D eigenvalue weighted by molar-refractivity contribution is 7.09. The van der Waals surface area contributed by atoms with Crippen LogP contribution in [0.1, 0.15) is 23.4 Å². The monoisotopic (exact) mass is 252 g/mol. The molecule has 1 aromatic carbocycles. The van der Waals surface area contributed by atoms with E-state index in [9.17, 15) is 0 Å². The van der Waals surface area contributed by atoms with Crippen LogP contribution in [0.15, 0.2) is 29.9 Å². The third kappa shape index (κ3) is 2.54. The van der Waals surface area contributed by atoms with Crippen LogP contribution in [-0.4, -0.2) is 4.98 Å². The van der Waals surface area contributed by atoms with Crippen molar-refractivity contribution in [3.63, 3.8) is 0 Å². The zero-order valence-electron chi connectivity index (χ0n) is 9.20. The lowest BCUT2D eigenvalue weighted by molar-refractivity contribution is 0.901. The van der Waals surface area contributed by atoms with Gasteiger partial charge in [0.05, 0.1) is 11.6 Å². The first-order chi connectivity index (χ1) is 7.66. The Kier molecular flexibility index (Phi) is 3.46. The van der Waals surface area contributed by atoms with Crippen molar-refractivity contribution < 1.29 is 0 Å². The number of thiazole rings is 1. The van der Waals surface area contributed by atoms with Gasteiger partial charge in [0, 0.05) is 21.8 Å². The Morgan fingerprint density at radius 1 is 1.44 bits per heavy atom. The van der Waals surface area contributed by atoms with Crippen LogP contribution >= 0.6 is 22.9 Å². The minimum absolute atomic E-state index is 0.254. The summed E-state index contributed by atoms with van der Waals surface area (Å²) in [5.74, 6) is 0. The van der Waals surface area contributed by atoms with E-state index in [1.807, 2.05) is 29.9 Å². The van der Waals surface area contributed by atoms with Crippen molar-refractivity contribution in [2.75, 3.05) is 5.32 Å². The average molecular weight is 253 g/mol. The van der Waals surface area contributed by atoms with Crippen LogP contribution in [0.3, 0.4) is 0 Å². The van der Waals surface area contributed by atoms with Crippen LogP contribution in [0.5, 0.6) is 0 Å². The zero-order chi connectivity index (χ0) is 11.5. The van der Waals surface area contributed by atoms with Gasteiger partial charge in [0.25, 0.3) is 0 Å². The lowest BCUT2D eigenvalue weighted by atomic mass is 10.2. The topological polar surface area (TPSA) is 24.9 Å². The van der Waals surface area contributed by atoms with E-state index in [0.29, 0.717) is 0 Å². The van der Waals surface area contributed by atoms with Gasteiger partial charge in [0.15, 0.2) is 0 Å². The highest BCUT2D eigenvalue weighted by Gasteiger charge is 2.08. The van der Waals surface area contributed by atoms with Crippen LogP contribution < -0.4 is 5.32 Å². The molecule has 84 valence electrons. The van der Waals surface area contributed by atoms with Gasteiger partial charge in [-0.3, -0.25) is 4.98 Å². The molecule has 2 nitrogen and oxygen atoms in total. The second-order valence-corrected chi connectivity index (χ2v) is 5.08. The second-order valence-electron chi connectivity index (χ2n) is 3.73. The van der Waals surface area contributed by atoms with Gasteiger partial charge in [-0.05, 0) is 31.5 Å². The third-order valence-corrected chi connectivity index (χ3v) is 3.64. The lowest BCUT2D eigenvalue weighted by Crippen LogP contribution is -2.06. The van der Waals surface area contributed by atoms with Gasteiger partial charge in [-0.2, -0.15) is 0 Å². The summed E-state index contributed by atoms with van der Waals surface area (Å²) in [4.78, 5) is 5.30. The van der Waals surface area contributed by atoms with Crippen LogP contribution in [0.25, 0.3) is 0 Å². The highest BCUT2D eigenvalue weighted by atomic mass is 35.5. The summed E-state index contributed by atoms with van der Waals surface area (Å²) in [6.45, 7) is 4.19. The van der Waals surface area contributed by atoms with E-state index in [1.165, 1.54) is 10.4 Å². The Hall–Kier alpha value is -1.06. The van der Waals surface area contributed by atoms with Gasteiger partial charge in [-0.25, -0.2) is 0 Å². The number of hydrogen-bond donors (Lipinski definition) is 1. The number of aromatic nitrogens is 1. The predicted octanol–water partition coefficient (Wildman–Crippen LogP) is 4.28. The fraction of sp³-hybridized carbons (Fsp3) is 0.250. The Labute approximate surface area is 104 Å². The highest BCUT2D eigenvalue weighted by Crippen LogP contribution is 2.26. The number of nitrogens with one attached hydrogen (secondary N) is 1. The van der Waals surface area contributed by atoms with E-state index in [-0.39, 0.29) is 6.04 Å². The molecule has 0 saturated carbocycles. The van der Waals surface area contributed by atoms with Crippen LogP contribution in [-0.2, 0) is 0 Å². The number of halogens is 1. The second kappa shape index (κ2) is 4.85. The molecule has 0 spiro atoms. The summed E-state index contributed by atoms with van der Waals surface area (Å²) in [6, 6.07) is 6.13. The summed E-state index contributed by atoms with van der Waals surface area (Å²) in [7, 11) is 0. The van der Waals surface area contributed by atoms with Crippen molar-refractivity contribution in [1.29, 1.82) is 0 Å². The lowest BCUT2D eigenvalue weighted by Gasteiger charge is -2.15. The zero-order valence-corrected chi connectivity index (χ0v) is 10.8. The fourth-order valence-electron chi connectivity index (χ4n) is 1.49. The number of nitrogens with zero attached hydrogens (tertiary/aromatic N) is 1. The minimum atomic E-state index is 0.254. The first kappa shape index (κ1) is 11.4. The maximum absolute atomic E-state index is 5.98. The first-order valence-electron chi connectivity index (χ1n) is 5.08. The minimum Gasteiger partial charge on any atom is -0.377 e. The SMILES string of the molecule is Cc1ccc(Cl)cc1NC(C)c1cncs1. The van der Waals surface area contributed by atoms with Crippen LogP contribution in [0.2, 0.25) is 5.02 Å². The molecule has 1 heterocycles. The molecule has 0 aliphatic heterocycles. The number of aryl methyl sites for hydroxylation is 1. The predicted molar refractivity (Wildman–Crippen MR) is 70.3 cm³/mol. The molecule has 1 N–H and O–H groups in total. The van der Waals surface area contributed by atoms with E-state index in [4.69, 9.17) is 11.6 Å². The number of benzene rings is 1. The maximum atomic E-state index is 5.98. The molecular weight excluding hydrogens is 240 g/mol. The molecule has 0 fully saturated rings. The Bertz CT molecular complexity index is 468. The van der Waals surface area contributed by atoms with E-state index >= 15 is 0 Å². The molecule has 1 aromatic heterocycles. The van der Waals surface area contributed by atoms with Gasteiger partial charge in [-0.1, -0.05) is 17.7 Å². The van der Waals surface area contributed by atoms with Crippen LogP contribution in [0.4, 0.5) is 5.69 Å². The molecule has 0 bridgehead atoms. The first-order valence-corrected chi connectivity index (χ1v) is 6.33.